The van der Waals surface area contributed by atoms with Gasteiger partial charge >= 0.3 is 17.9 Å². The summed E-state index contributed by atoms with van der Waals surface area (Å²) in [4.78, 5) is 38.0. The summed E-state index contributed by atoms with van der Waals surface area (Å²) in [6.07, 6.45) is 78.4. The van der Waals surface area contributed by atoms with Gasteiger partial charge in [0.05, 0.1) is 0 Å². The monoisotopic (exact) mass is 937 g/mol. The lowest BCUT2D eigenvalue weighted by Gasteiger charge is -2.18. The lowest BCUT2D eigenvalue weighted by atomic mass is 10.1. The van der Waals surface area contributed by atoms with E-state index in [4.69, 9.17) is 14.2 Å². The minimum Gasteiger partial charge on any atom is -0.462 e. The third-order valence-electron chi connectivity index (χ3n) is 10.6. The highest BCUT2D eigenvalue weighted by Gasteiger charge is 2.19. The molecule has 6 heteroatoms. The summed E-state index contributed by atoms with van der Waals surface area (Å²) in [5, 5.41) is 0. The molecule has 0 aliphatic rings. The average Bonchev–Trinajstić information content (AvgIpc) is 3.34. The van der Waals surface area contributed by atoms with Gasteiger partial charge in [0.1, 0.15) is 13.2 Å². The summed E-state index contributed by atoms with van der Waals surface area (Å²) in [5.41, 5.74) is 0. The zero-order chi connectivity index (χ0) is 49.3. The van der Waals surface area contributed by atoms with Crippen LogP contribution in [-0.2, 0) is 28.6 Å². The molecule has 6 nitrogen and oxygen atoms in total. The van der Waals surface area contributed by atoms with Crippen molar-refractivity contribution in [1.29, 1.82) is 0 Å². The minimum absolute atomic E-state index is 0.125. The van der Waals surface area contributed by atoms with Gasteiger partial charge in [0, 0.05) is 19.3 Å². The first-order valence-corrected chi connectivity index (χ1v) is 26.8. The first kappa shape index (κ1) is 63.3. The van der Waals surface area contributed by atoms with E-state index in [0.717, 1.165) is 122 Å². The summed E-state index contributed by atoms with van der Waals surface area (Å²) < 4.78 is 16.7. The van der Waals surface area contributed by atoms with Crippen molar-refractivity contribution in [2.75, 3.05) is 13.2 Å². The molecule has 0 aromatic heterocycles. The van der Waals surface area contributed by atoms with Crippen molar-refractivity contribution < 1.29 is 28.6 Å². The van der Waals surface area contributed by atoms with Gasteiger partial charge in [-0.15, -0.1) is 0 Å². The second-order valence-corrected chi connectivity index (χ2v) is 17.0. The van der Waals surface area contributed by atoms with Gasteiger partial charge in [0.25, 0.3) is 0 Å². The predicted molar refractivity (Wildman–Crippen MR) is 292 cm³/mol. The topological polar surface area (TPSA) is 78.9 Å². The maximum atomic E-state index is 12.8. The van der Waals surface area contributed by atoms with Crippen molar-refractivity contribution in [1.82, 2.24) is 0 Å². The molecule has 0 saturated heterocycles. The Labute approximate surface area is 417 Å². The van der Waals surface area contributed by atoms with Crippen molar-refractivity contribution in [2.45, 2.75) is 213 Å². The van der Waals surface area contributed by atoms with Crippen molar-refractivity contribution in [3.05, 3.63) is 146 Å². The van der Waals surface area contributed by atoms with Crippen LogP contribution in [0.15, 0.2) is 146 Å². The van der Waals surface area contributed by atoms with E-state index in [1.54, 1.807) is 0 Å². The van der Waals surface area contributed by atoms with Crippen molar-refractivity contribution in [2.24, 2.45) is 0 Å². The molecule has 0 aliphatic carbocycles. The third kappa shape index (κ3) is 52.3. The molecule has 0 heterocycles. The number of carbonyl (C=O) groups is 3. The number of carbonyl (C=O) groups excluding carboxylic acids is 3. The quantitative estimate of drug-likeness (QED) is 0.0262. The van der Waals surface area contributed by atoms with Gasteiger partial charge in [-0.2, -0.15) is 0 Å². The number of allylic oxidation sites excluding steroid dienone is 24. The molecule has 1 atom stereocenters. The van der Waals surface area contributed by atoms with E-state index < -0.39 is 6.10 Å². The third-order valence-corrected chi connectivity index (χ3v) is 10.6. The SMILES string of the molecule is CC/C=C\C/C=C\C/C=C\C/C=C\C/C=C\C/C=C\CCCCC(=O)OCC(COC(=O)CCCCCCC/C=C\CCCCC)OC(=O)CCC/C=C\C/C=C\C/C=C\C/C=C\C/C=C\CC. The molecule has 68 heavy (non-hydrogen) atoms. The van der Waals surface area contributed by atoms with E-state index in [1.165, 1.54) is 32.1 Å². The minimum atomic E-state index is -0.835. The van der Waals surface area contributed by atoms with Crippen LogP contribution < -0.4 is 0 Å². The second kappa shape index (κ2) is 54.9. The van der Waals surface area contributed by atoms with Crippen LogP contribution in [0.4, 0.5) is 0 Å². The molecule has 0 bridgehead atoms. The summed E-state index contributed by atoms with van der Waals surface area (Å²) in [6, 6.07) is 0. The summed E-state index contributed by atoms with van der Waals surface area (Å²) in [7, 11) is 0. The van der Waals surface area contributed by atoms with Crippen molar-refractivity contribution >= 4 is 17.9 Å². The van der Waals surface area contributed by atoms with Crippen molar-refractivity contribution in [3.63, 3.8) is 0 Å². The molecule has 0 aromatic rings. The van der Waals surface area contributed by atoms with E-state index in [0.29, 0.717) is 19.3 Å². The van der Waals surface area contributed by atoms with Gasteiger partial charge in [-0.3, -0.25) is 14.4 Å². The van der Waals surface area contributed by atoms with Gasteiger partial charge < -0.3 is 14.2 Å². The Morgan fingerprint density at radius 1 is 0.309 bits per heavy atom. The number of hydrogen-bond acceptors (Lipinski definition) is 6. The maximum absolute atomic E-state index is 12.8. The molecule has 0 aromatic carbocycles. The highest BCUT2D eigenvalue weighted by molar-refractivity contribution is 5.71. The Balaban J connectivity index is 4.58. The Bertz CT molecular complexity index is 1540. The van der Waals surface area contributed by atoms with E-state index >= 15 is 0 Å². The molecule has 1 unspecified atom stereocenters. The van der Waals surface area contributed by atoms with Crippen LogP contribution in [-0.4, -0.2) is 37.2 Å². The molecule has 0 amide bonds. The molecule has 0 saturated carbocycles. The highest BCUT2D eigenvalue weighted by atomic mass is 16.6. The van der Waals surface area contributed by atoms with Crippen LogP contribution in [0.3, 0.4) is 0 Å². The molecule has 0 radical (unpaired) electrons. The molecule has 0 spiro atoms. The fourth-order valence-electron chi connectivity index (χ4n) is 6.59. The standard InChI is InChI=1S/C62H96O6/c1-4-7-10-13-16-19-22-25-27-29-30-31-32-34-35-37-40-43-46-49-52-55-61(64)67-58-59(57-66-60(63)54-51-48-45-42-39-24-21-18-15-12-9-6-3)68-62(65)56-53-50-47-44-41-38-36-33-28-26-23-20-17-14-11-8-5-2/h7-8,10-11,16-21,25-28,30-31,34-36,38,40,43-44,47,59H,4-6,9,12-15,22-24,29,32-33,37,39,41-42,45-46,48-58H2,1-3H3/b10-7-,11-8-,19-16-,20-17-,21-18-,27-25-,28-26-,31-30-,35-34-,38-36-,43-40-,47-44-. The number of esters is 3. The van der Waals surface area contributed by atoms with Gasteiger partial charge in [-0.05, 0) is 135 Å². The van der Waals surface area contributed by atoms with Crippen LogP contribution in [0.2, 0.25) is 0 Å². The average molecular weight is 937 g/mol. The highest BCUT2D eigenvalue weighted by Crippen LogP contribution is 2.11. The van der Waals surface area contributed by atoms with Crippen LogP contribution in [0, 0.1) is 0 Å². The lowest BCUT2D eigenvalue weighted by Crippen LogP contribution is -2.30. The zero-order valence-electron chi connectivity index (χ0n) is 43.3. The fraction of sp³-hybridized carbons (Fsp3) is 0.565. The number of unbranched alkanes of at least 4 members (excludes halogenated alkanes) is 11. The molecule has 0 aliphatic heterocycles. The number of hydrogen-bond donors (Lipinski definition) is 0. The van der Waals surface area contributed by atoms with Crippen LogP contribution in [0.1, 0.15) is 207 Å². The van der Waals surface area contributed by atoms with E-state index in [2.05, 4.69) is 167 Å². The molecular weight excluding hydrogens is 841 g/mol. The van der Waals surface area contributed by atoms with Crippen LogP contribution in [0.25, 0.3) is 0 Å². The summed E-state index contributed by atoms with van der Waals surface area (Å²) in [6.45, 7) is 6.27. The predicted octanol–water partition coefficient (Wildman–Crippen LogP) is 18.0. The van der Waals surface area contributed by atoms with Crippen LogP contribution >= 0.6 is 0 Å². The Morgan fingerprint density at radius 3 is 0.985 bits per heavy atom. The second-order valence-electron chi connectivity index (χ2n) is 17.0. The largest absolute Gasteiger partial charge is 0.462 e. The van der Waals surface area contributed by atoms with E-state index in [9.17, 15) is 14.4 Å². The Morgan fingerprint density at radius 2 is 0.588 bits per heavy atom. The lowest BCUT2D eigenvalue weighted by molar-refractivity contribution is -0.167. The van der Waals surface area contributed by atoms with Gasteiger partial charge in [-0.1, -0.05) is 199 Å². The Kier molecular flexibility index (Phi) is 51.1. The van der Waals surface area contributed by atoms with Gasteiger partial charge in [0.2, 0.25) is 0 Å². The molecule has 0 fully saturated rings. The molecule has 0 N–H and O–H groups in total. The van der Waals surface area contributed by atoms with E-state index in [1.807, 2.05) is 0 Å². The molecule has 0 rings (SSSR count). The molecule has 380 valence electrons. The zero-order valence-corrected chi connectivity index (χ0v) is 43.3. The van der Waals surface area contributed by atoms with E-state index in [-0.39, 0.29) is 44.0 Å². The number of rotatable bonds is 46. The first-order chi connectivity index (χ1) is 33.5. The smallest absolute Gasteiger partial charge is 0.306 e. The number of ether oxygens (including phenoxy) is 3. The summed E-state index contributed by atoms with van der Waals surface area (Å²) >= 11 is 0. The van der Waals surface area contributed by atoms with Gasteiger partial charge in [-0.25, -0.2) is 0 Å². The maximum Gasteiger partial charge on any atom is 0.306 e. The first-order valence-electron chi connectivity index (χ1n) is 26.8. The molecular formula is C62H96O6. The van der Waals surface area contributed by atoms with Crippen LogP contribution in [0.5, 0.6) is 0 Å². The Hall–Kier alpha value is -4.71. The summed E-state index contributed by atoms with van der Waals surface area (Å²) in [5.74, 6) is -1.05. The van der Waals surface area contributed by atoms with Crippen molar-refractivity contribution in [3.8, 4) is 0 Å². The fourth-order valence-corrected chi connectivity index (χ4v) is 6.59. The van der Waals surface area contributed by atoms with Gasteiger partial charge in [0.15, 0.2) is 6.10 Å². The normalized spacial score (nSPS) is 13.3.